The van der Waals surface area contributed by atoms with E-state index in [-0.39, 0.29) is 5.56 Å². The van der Waals surface area contributed by atoms with Gasteiger partial charge in [0.2, 0.25) is 0 Å². The second kappa shape index (κ2) is 7.32. The van der Waals surface area contributed by atoms with Gasteiger partial charge >= 0.3 is 0 Å². The predicted octanol–water partition coefficient (Wildman–Crippen LogP) is 3.79. The Morgan fingerprint density at radius 3 is 2.71 bits per heavy atom. The van der Waals surface area contributed by atoms with Gasteiger partial charge in [-0.2, -0.15) is 0 Å². The SMILES string of the molecule is Cc1[nH]n(-c2cccc(Cl)c2)c(=O)c1C=NCCc1ccccc1. The summed E-state index contributed by atoms with van der Waals surface area (Å²) in [6.45, 7) is 2.51. The van der Waals surface area contributed by atoms with E-state index in [1.807, 2.05) is 37.3 Å². The van der Waals surface area contributed by atoms with Crippen LogP contribution < -0.4 is 5.56 Å². The Morgan fingerprint density at radius 1 is 1.17 bits per heavy atom. The van der Waals surface area contributed by atoms with Gasteiger partial charge in [-0.15, -0.1) is 0 Å². The molecule has 0 aliphatic rings. The molecule has 1 aromatic heterocycles. The maximum absolute atomic E-state index is 12.6. The molecule has 0 saturated heterocycles. The topological polar surface area (TPSA) is 50.1 Å². The van der Waals surface area contributed by atoms with Gasteiger partial charge in [0.05, 0.1) is 11.3 Å². The van der Waals surface area contributed by atoms with Crippen molar-refractivity contribution in [3.05, 3.63) is 86.8 Å². The van der Waals surface area contributed by atoms with Gasteiger partial charge in [-0.25, -0.2) is 4.68 Å². The highest BCUT2D eigenvalue weighted by Crippen LogP contribution is 2.13. The number of aliphatic imine (C=N–C) groups is 1. The lowest BCUT2D eigenvalue weighted by Crippen LogP contribution is -2.17. The summed E-state index contributed by atoms with van der Waals surface area (Å²) in [5, 5.41) is 3.66. The van der Waals surface area contributed by atoms with Crippen LogP contribution in [0.25, 0.3) is 5.69 Å². The van der Waals surface area contributed by atoms with Crippen LogP contribution in [-0.2, 0) is 6.42 Å². The van der Waals surface area contributed by atoms with E-state index in [2.05, 4.69) is 22.2 Å². The summed E-state index contributed by atoms with van der Waals surface area (Å²) in [7, 11) is 0. The molecule has 1 heterocycles. The lowest BCUT2D eigenvalue weighted by molar-refractivity contribution is 0.835. The molecule has 0 atom stereocenters. The minimum atomic E-state index is -0.127. The maximum atomic E-state index is 12.6. The molecule has 4 nitrogen and oxygen atoms in total. The van der Waals surface area contributed by atoms with Gasteiger partial charge in [0, 0.05) is 23.5 Å². The van der Waals surface area contributed by atoms with Gasteiger partial charge in [-0.05, 0) is 37.1 Å². The summed E-state index contributed by atoms with van der Waals surface area (Å²) >= 11 is 6.00. The number of halogens is 1. The average Bonchev–Trinajstić information content (AvgIpc) is 2.87. The van der Waals surface area contributed by atoms with Gasteiger partial charge in [-0.3, -0.25) is 14.9 Å². The van der Waals surface area contributed by atoms with Crippen molar-refractivity contribution in [2.24, 2.45) is 4.99 Å². The number of rotatable bonds is 5. The van der Waals surface area contributed by atoms with E-state index in [9.17, 15) is 4.79 Å². The van der Waals surface area contributed by atoms with E-state index in [1.54, 1.807) is 18.3 Å². The van der Waals surface area contributed by atoms with Crippen molar-refractivity contribution in [3.8, 4) is 5.69 Å². The number of hydrogen-bond acceptors (Lipinski definition) is 2. The first-order chi connectivity index (χ1) is 11.6. The second-order valence-electron chi connectivity index (χ2n) is 5.54. The molecule has 0 bridgehead atoms. The minimum Gasteiger partial charge on any atom is -0.295 e. The summed E-state index contributed by atoms with van der Waals surface area (Å²) in [5.74, 6) is 0. The Labute approximate surface area is 145 Å². The third-order valence-electron chi connectivity index (χ3n) is 3.78. The van der Waals surface area contributed by atoms with Gasteiger partial charge in [-0.1, -0.05) is 48.0 Å². The van der Waals surface area contributed by atoms with Crippen molar-refractivity contribution < 1.29 is 0 Å². The van der Waals surface area contributed by atoms with Crippen LogP contribution in [0.5, 0.6) is 0 Å². The van der Waals surface area contributed by atoms with E-state index >= 15 is 0 Å². The molecule has 0 unspecified atom stereocenters. The summed E-state index contributed by atoms with van der Waals surface area (Å²) in [6.07, 6.45) is 2.50. The highest BCUT2D eigenvalue weighted by molar-refractivity contribution is 6.30. The van der Waals surface area contributed by atoms with E-state index < -0.39 is 0 Å². The molecule has 1 N–H and O–H groups in total. The van der Waals surface area contributed by atoms with Crippen LogP contribution in [0.3, 0.4) is 0 Å². The molecular weight excluding hydrogens is 322 g/mol. The molecule has 3 aromatic rings. The number of H-pyrrole nitrogens is 1. The molecule has 0 aliphatic carbocycles. The first-order valence-electron chi connectivity index (χ1n) is 7.76. The van der Waals surface area contributed by atoms with Gasteiger partial charge < -0.3 is 0 Å². The Hall–Kier alpha value is -2.59. The van der Waals surface area contributed by atoms with Crippen molar-refractivity contribution >= 4 is 17.8 Å². The molecule has 0 aliphatic heterocycles. The molecule has 122 valence electrons. The van der Waals surface area contributed by atoms with E-state index in [0.717, 1.165) is 12.1 Å². The van der Waals surface area contributed by atoms with Gasteiger partial charge in [0.1, 0.15) is 0 Å². The average molecular weight is 340 g/mol. The normalized spacial score (nSPS) is 11.2. The number of nitrogens with zero attached hydrogens (tertiary/aromatic N) is 2. The van der Waals surface area contributed by atoms with E-state index in [4.69, 9.17) is 11.6 Å². The number of nitrogens with one attached hydrogen (secondary N) is 1. The fourth-order valence-electron chi connectivity index (χ4n) is 2.50. The van der Waals surface area contributed by atoms with Crippen molar-refractivity contribution in [2.75, 3.05) is 6.54 Å². The molecule has 2 aromatic carbocycles. The van der Waals surface area contributed by atoms with Crippen molar-refractivity contribution in [1.82, 2.24) is 9.78 Å². The quantitative estimate of drug-likeness (QED) is 0.706. The van der Waals surface area contributed by atoms with E-state index in [1.165, 1.54) is 10.2 Å². The summed E-state index contributed by atoms with van der Waals surface area (Å²) < 4.78 is 1.49. The summed E-state index contributed by atoms with van der Waals surface area (Å²) in [4.78, 5) is 17.0. The van der Waals surface area contributed by atoms with Crippen LogP contribution in [0.1, 0.15) is 16.8 Å². The fourth-order valence-corrected chi connectivity index (χ4v) is 2.69. The second-order valence-corrected chi connectivity index (χ2v) is 5.98. The number of aryl methyl sites for hydroxylation is 1. The molecule has 0 fully saturated rings. The fraction of sp³-hybridized carbons (Fsp3) is 0.158. The number of hydrogen-bond donors (Lipinski definition) is 1. The number of aromatic nitrogens is 2. The van der Waals surface area contributed by atoms with Crippen LogP contribution in [0.2, 0.25) is 5.02 Å². The van der Waals surface area contributed by atoms with Crippen LogP contribution in [0.4, 0.5) is 0 Å². The number of aromatic amines is 1. The van der Waals surface area contributed by atoms with Crippen molar-refractivity contribution in [3.63, 3.8) is 0 Å². The highest BCUT2D eigenvalue weighted by atomic mass is 35.5. The van der Waals surface area contributed by atoms with Crippen molar-refractivity contribution in [1.29, 1.82) is 0 Å². The molecule has 0 radical (unpaired) electrons. The molecule has 0 amide bonds. The first kappa shape index (κ1) is 16.3. The Morgan fingerprint density at radius 2 is 1.96 bits per heavy atom. The molecular formula is C19H18ClN3O. The number of benzene rings is 2. The van der Waals surface area contributed by atoms with Crippen LogP contribution >= 0.6 is 11.6 Å². The van der Waals surface area contributed by atoms with E-state index in [0.29, 0.717) is 22.8 Å². The summed E-state index contributed by atoms with van der Waals surface area (Å²) in [5.41, 5.74) is 3.17. The Bertz CT molecular complexity index is 910. The molecule has 3 rings (SSSR count). The Balaban J connectivity index is 1.77. The maximum Gasteiger partial charge on any atom is 0.280 e. The molecule has 5 heteroatoms. The highest BCUT2D eigenvalue weighted by Gasteiger charge is 2.10. The van der Waals surface area contributed by atoms with Crippen LogP contribution in [-0.4, -0.2) is 22.5 Å². The molecule has 24 heavy (non-hydrogen) atoms. The zero-order chi connectivity index (χ0) is 16.9. The third kappa shape index (κ3) is 3.66. The predicted molar refractivity (Wildman–Crippen MR) is 98.7 cm³/mol. The third-order valence-corrected chi connectivity index (χ3v) is 4.01. The monoisotopic (exact) mass is 339 g/mol. The molecule has 0 saturated carbocycles. The van der Waals surface area contributed by atoms with Gasteiger partial charge in [0.15, 0.2) is 0 Å². The van der Waals surface area contributed by atoms with Crippen LogP contribution in [0.15, 0.2) is 64.4 Å². The standard InChI is InChI=1S/C19H18ClN3O/c1-14-18(13-21-11-10-15-6-3-2-4-7-15)19(24)23(22-14)17-9-5-8-16(20)12-17/h2-9,12-13,22H,10-11H2,1H3. The smallest absolute Gasteiger partial charge is 0.280 e. The lowest BCUT2D eigenvalue weighted by atomic mass is 10.1. The van der Waals surface area contributed by atoms with Crippen LogP contribution in [0, 0.1) is 6.92 Å². The zero-order valence-electron chi connectivity index (χ0n) is 13.4. The zero-order valence-corrected chi connectivity index (χ0v) is 14.1. The minimum absolute atomic E-state index is 0.127. The lowest BCUT2D eigenvalue weighted by Gasteiger charge is -2.01. The molecule has 0 spiro atoms. The summed E-state index contributed by atoms with van der Waals surface area (Å²) in [6, 6.07) is 17.3. The van der Waals surface area contributed by atoms with Gasteiger partial charge in [0.25, 0.3) is 5.56 Å². The largest absolute Gasteiger partial charge is 0.295 e. The first-order valence-corrected chi connectivity index (χ1v) is 8.14. The van der Waals surface area contributed by atoms with Crippen molar-refractivity contribution in [2.45, 2.75) is 13.3 Å². The Kier molecular flexibility index (Phi) is 4.96.